The molecule has 2 aromatic rings. The van der Waals surface area contributed by atoms with Crippen LogP contribution in [-0.4, -0.2) is 26.5 Å². The third kappa shape index (κ3) is 5.07. The van der Waals surface area contributed by atoms with Gasteiger partial charge >= 0.3 is 5.97 Å². The number of rotatable bonds is 7. The molecule has 0 amide bonds. The predicted octanol–water partition coefficient (Wildman–Crippen LogP) is 6.54. The van der Waals surface area contributed by atoms with Crippen LogP contribution in [0.1, 0.15) is 69.7 Å². The fourth-order valence-corrected chi connectivity index (χ4v) is 4.46. The summed E-state index contributed by atoms with van der Waals surface area (Å²) in [5.41, 5.74) is 7.71. The zero-order valence-corrected chi connectivity index (χ0v) is 20.5. The molecular weight excluding hydrogens is 400 g/mol. The molecule has 172 valence electrons. The van der Waals surface area contributed by atoms with E-state index in [1.807, 2.05) is 12.1 Å². The number of carbonyl (C=O) groups excluding carboxylic acids is 1. The van der Waals surface area contributed by atoms with Crippen LogP contribution < -0.4 is 0 Å². The summed E-state index contributed by atoms with van der Waals surface area (Å²) in [5, 5.41) is 0. The minimum absolute atomic E-state index is 0.0147. The molecule has 2 aromatic carbocycles. The van der Waals surface area contributed by atoms with Gasteiger partial charge in [-0.3, -0.25) is 0 Å². The number of aryl methyl sites for hydroxylation is 1. The Labute approximate surface area is 192 Å². The fraction of sp³-hybridized carbons (Fsp3) is 0.464. The summed E-state index contributed by atoms with van der Waals surface area (Å²) in [7, 11) is 1.52. The minimum atomic E-state index is -0.496. The molecule has 0 aliphatic heterocycles. The lowest BCUT2D eigenvalue weighted by molar-refractivity contribution is -0.144. The Hall–Kier alpha value is -2.59. The molecule has 0 saturated carbocycles. The lowest BCUT2D eigenvalue weighted by Gasteiger charge is -2.42. The van der Waals surface area contributed by atoms with Gasteiger partial charge in [0.05, 0.1) is 6.61 Å². The average Bonchev–Trinajstić information content (AvgIpc) is 2.74. The Morgan fingerprint density at radius 2 is 1.66 bits per heavy atom. The molecule has 0 heterocycles. The zero-order chi connectivity index (χ0) is 23.5. The second-order valence-corrected chi connectivity index (χ2v) is 9.89. The number of fused-ring (bicyclic) bond motifs is 1. The standard InChI is InChI=1S/C28H36O4/c1-8-31-26(29)25(32-18-30-7)16-20-10-9-11-21(15-20)22-17-24-23(14-19(22)2)27(3,4)12-13-28(24,5)6/h9-11,14-17H,8,12-13,18H2,1-7H3. The van der Waals surface area contributed by atoms with Crippen LogP contribution in [0.3, 0.4) is 0 Å². The maximum atomic E-state index is 12.3. The van der Waals surface area contributed by atoms with Crippen molar-refractivity contribution in [3.8, 4) is 11.1 Å². The summed E-state index contributed by atoms with van der Waals surface area (Å²) in [6, 6.07) is 12.9. The SMILES string of the molecule is CCOC(=O)C(=Cc1cccc(-c2cc3c(cc2C)C(C)(C)CCC3(C)C)c1)OCOC. The van der Waals surface area contributed by atoms with Crippen LogP contribution >= 0.6 is 0 Å². The van der Waals surface area contributed by atoms with Crippen molar-refractivity contribution in [2.75, 3.05) is 20.5 Å². The van der Waals surface area contributed by atoms with Gasteiger partial charge in [-0.25, -0.2) is 4.79 Å². The zero-order valence-electron chi connectivity index (χ0n) is 20.5. The van der Waals surface area contributed by atoms with E-state index < -0.39 is 5.97 Å². The van der Waals surface area contributed by atoms with Gasteiger partial charge in [-0.05, 0) is 83.0 Å². The predicted molar refractivity (Wildman–Crippen MR) is 129 cm³/mol. The van der Waals surface area contributed by atoms with Crippen molar-refractivity contribution in [2.24, 2.45) is 0 Å². The number of ether oxygens (including phenoxy) is 3. The Morgan fingerprint density at radius 3 is 2.28 bits per heavy atom. The van der Waals surface area contributed by atoms with Crippen molar-refractivity contribution < 1.29 is 19.0 Å². The third-order valence-corrected chi connectivity index (χ3v) is 6.50. The lowest BCUT2D eigenvalue weighted by atomic mass is 9.62. The molecule has 0 unspecified atom stereocenters. The van der Waals surface area contributed by atoms with Gasteiger partial charge in [-0.2, -0.15) is 0 Å². The minimum Gasteiger partial charge on any atom is -0.460 e. The van der Waals surface area contributed by atoms with Gasteiger partial charge in [-0.1, -0.05) is 58.0 Å². The second-order valence-electron chi connectivity index (χ2n) is 9.89. The normalized spacial score (nSPS) is 16.9. The highest BCUT2D eigenvalue weighted by Gasteiger charge is 2.37. The van der Waals surface area contributed by atoms with Gasteiger partial charge in [0.2, 0.25) is 5.76 Å². The first-order valence-electron chi connectivity index (χ1n) is 11.4. The van der Waals surface area contributed by atoms with E-state index in [9.17, 15) is 4.79 Å². The van der Waals surface area contributed by atoms with Crippen LogP contribution in [0.5, 0.6) is 0 Å². The maximum Gasteiger partial charge on any atom is 0.373 e. The molecule has 0 radical (unpaired) electrons. The summed E-state index contributed by atoms with van der Waals surface area (Å²) >= 11 is 0. The number of esters is 1. The van der Waals surface area contributed by atoms with Gasteiger partial charge in [0, 0.05) is 7.11 Å². The maximum absolute atomic E-state index is 12.3. The van der Waals surface area contributed by atoms with Crippen LogP contribution in [0.4, 0.5) is 0 Å². The van der Waals surface area contributed by atoms with Gasteiger partial charge in [0.15, 0.2) is 6.79 Å². The number of hydrogen-bond donors (Lipinski definition) is 0. The van der Waals surface area contributed by atoms with Gasteiger partial charge in [-0.15, -0.1) is 0 Å². The van der Waals surface area contributed by atoms with Crippen LogP contribution in [0.25, 0.3) is 17.2 Å². The first-order chi connectivity index (χ1) is 15.1. The largest absolute Gasteiger partial charge is 0.460 e. The summed E-state index contributed by atoms with van der Waals surface area (Å²) in [6.07, 6.45) is 4.09. The number of benzene rings is 2. The Balaban J connectivity index is 2.05. The lowest BCUT2D eigenvalue weighted by Crippen LogP contribution is -2.34. The molecule has 3 rings (SSSR count). The topological polar surface area (TPSA) is 44.8 Å². The molecule has 0 atom stereocenters. The molecule has 0 N–H and O–H groups in total. The molecule has 32 heavy (non-hydrogen) atoms. The van der Waals surface area contributed by atoms with Crippen molar-refractivity contribution in [1.82, 2.24) is 0 Å². The van der Waals surface area contributed by atoms with Gasteiger partial charge < -0.3 is 14.2 Å². The van der Waals surface area contributed by atoms with E-state index in [0.717, 1.165) is 11.1 Å². The Morgan fingerprint density at radius 1 is 1.00 bits per heavy atom. The van der Waals surface area contributed by atoms with E-state index in [2.05, 4.69) is 58.9 Å². The van der Waals surface area contributed by atoms with E-state index in [1.165, 1.54) is 42.2 Å². The van der Waals surface area contributed by atoms with E-state index in [0.29, 0.717) is 0 Å². The summed E-state index contributed by atoms with van der Waals surface area (Å²) < 4.78 is 15.6. The second kappa shape index (κ2) is 9.50. The van der Waals surface area contributed by atoms with Crippen molar-refractivity contribution in [1.29, 1.82) is 0 Å². The molecular formula is C28H36O4. The van der Waals surface area contributed by atoms with Crippen LogP contribution in [0, 0.1) is 6.92 Å². The first-order valence-corrected chi connectivity index (χ1v) is 11.4. The highest BCUT2D eigenvalue weighted by molar-refractivity contribution is 5.91. The van der Waals surface area contributed by atoms with Gasteiger partial charge in [0.25, 0.3) is 0 Å². The van der Waals surface area contributed by atoms with Crippen molar-refractivity contribution >= 4 is 12.0 Å². The highest BCUT2D eigenvalue weighted by atomic mass is 16.7. The first kappa shape index (κ1) is 24.1. The van der Waals surface area contributed by atoms with Crippen molar-refractivity contribution in [3.63, 3.8) is 0 Å². The van der Waals surface area contributed by atoms with Crippen LogP contribution in [0.15, 0.2) is 42.2 Å². The molecule has 0 saturated heterocycles. The molecule has 1 aliphatic carbocycles. The van der Waals surface area contributed by atoms with Crippen LogP contribution in [-0.2, 0) is 29.8 Å². The molecule has 0 bridgehead atoms. The van der Waals surface area contributed by atoms with Crippen molar-refractivity contribution in [2.45, 2.75) is 65.2 Å². The fourth-order valence-electron chi connectivity index (χ4n) is 4.46. The van der Waals surface area contributed by atoms with E-state index in [1.54, 1.807) is 13.0 Å². The highest BCUT2D eigenvalue weighted by Crippen LogP contribution is 2.47. The smallest absolute Gasteiger partial charge is 0.373 e. The molecule has 4 nitrogen and oxygen atoms in total. The summed E-state index contributed by atoms with van der Waals surface area (Å²) in [4.78, 5) is 12.3. The van der Waals surface area contributed by atoms with E-state index in [4.69, 9.17) is 14.2 Å². The molecule has 0 aromatic heterocycles. The molecule has 0 spiro atoms. The van der Waals surface area contributed by atoms with E-state index >= 15 is 0 Å². The quantitative estimate of drug-likeness (QED) is 0.214. The van der Waals surface area contributed by atoms with E-state index in [-0.39, 0.29) is 30.0 Å². The third-order valence-electron chi connectivity index (χ3n) is 6.50. The average molecular weight is 437 g/mol. The summed E-state index contributed by atoms with van der Waals surface area (Å²) in [6.45, 7) is 13.6. The Bertz CT molecular complexity index is 1010. The monoisotopic (exact) mass is 436 g/mol. The number of methoxy groups -OCH3 is 1. The molecule has 0 fully saturated rings. The number of carbonyl (C=O) groups is 1. The summed E-state index contributed by atoms with van der Waals surface area (Å²) in [5.74, 6) is -0.361. The molecule has 1 aliphatic rings. The molecule has 4 heteroatoms. The Kier molecular flexibility index (Phi) is 7.14. The number of hydrogen-bond acceptors (Lipinski definition) is 4. The van der Waals surface area contributed by atoms with Gasteiger partial charge in [0.1, 0.15) is 0 Å². The van der Waals surface area contributed by atoms with Crippen molar-refractivity contribution in [3.05, 3.63) is 64.4 Å². The van der Waals surface area contributed by atoms with Crippen LogP contribution in [0.2, 0.25) is 0 Å².